The predicted octanol–water partition coefficient (Wildman–Crippen LogP) is 1.83. The Labute approximate surface area is 109 Å². The molecule has 4 heteroatoms. The Kier molecular flexibility index (Phi) is 3.16. The first-order valence-corrected chi connectivity index (χ1v) is 7.04. The Bertz CT molecular complexity index is 366. The summed E-state index contributed by atoms with van der Waals surface area (Å²) in [6.07, 6.45) is 4.87. The van der Waals surface area contributed by atoms with Crippen molar-refractivity contribution < 1.29 is 9.59 Å². The van der Waals surface area contributed by atoms with Crippen molar-refractivity contribution in [2.75, 3.05) is 0 Å². The first kappa shape index (κ1) is 13.4. The summed E-state index contributed by atoms with van der Waals surface area (Å²) < 4.78 is 0. The number of nitrogens with zero attached hydrogens (tertiary/aromatic N) is 1. The van der Waals surface area contributed by atoms with Crippen molar-refractivity contribution in [1.29, 1.82) is 0 Å². The summed E-state index contributed by atoms with van der Waals surface area (Å²) in [5.41, 5.74) is -0.826. The lowest BCUT2D eigenvalue weighted by Crippen LogP contribution is -2.74. The highest BCUT2D eigenvalue weighted by molar-refractivity contribution is 5.99. The minimum absolute atomic E-state index is 0.00169. The molecule has 0 aromatic carbocycles. The molecule has 1 heterocycles. The highest BCUT2D eigenvalue weighted by Crippen LogP contribution is 2.44. The summed E-state index contributed by atoms with van der Waals surface area (Å²) >= 11 is 0. The largest absolute Gasteiger partial charge is 0.340 e. The minimum Gasteiger partial charge on any atom is -0.340 e. The van der Waals surface area contributed by atoms with E-state index in [4.69, 9.17) is 0 Å². The van der Waals surface area contributed by atoms with Crippen LogP contribution in [0.5, 0.6) is 0 Å². The van der Waals surface area contributed by atoms with Crippen molar-refractivity contribution in [3.05, 3.63) is 0 Å². The van der Waals surface area contributed by atoms with Gasteiger partial charge in [-0.3, -0.25) is 9.59 Å². The van der Waals surface area contributed by atoms with Crippen molar-refractivity contribution in [3.63, 3.8) is 0 Å². The van der Waals surface area contributed by atoms with Gasteiger partial charge in [-0.05, 0) is 46.0 Å². The molecule has 102 valence electrons. The third-order valence-corrected chi connectivity index (χ3v) is 4.64. The molecule has 0 radical (unpaired) electrons. The summed E-state index contributed by atoms with van der Waals surface area (Å²) in [7, 11) is 0. The zero-order chi connectivity index (χ0) is 13.6. The van der Waals surface area contributed by atoms with E-state index in [-0.39, 0.29) is 23.4 Å². The van der Waals surface area contributed by atoms with Crippen LogP contribution >= 0.6 is 0 Å². The van der Waals surface area contributed by atoms with E-state index in [1.54, 1.807) is 13.8 Å². The minimum atomic E-state index is -0.763. The van der Waals surface area contributed by atoms with Crippen LogP contribution in [-0.4, -0.2) is 33.8 Å². The van der Waals surface area contributed by atoms with E-state index < -0.39 is 5.54 Å². The Morgan fingerprint density at radius 3 is 2.28 bits per heavy atom. The second kappa shape index (κ2) is 4.25. The Morgan fingerprint density at radius 1 is 1.28 bits per heavy atom. The Hall–Kier alpha value is -1.06. The average molecular weight is 252 g/mol. The van der Waals surface area contributed by atoms with Crippen molar-refractivity contribution in [3.8, 4) is 0 Å². The fourth-order valence-electron chi connectivity index (χ4n) is 3.27. The number of hydrogen-bond acceptors (Lipinski definition) is 2. The normalized spacial score (nSPS) is 29.8. The maximum Gasteiger partial charge on any atom is 0.248 e. The van der Waals surface area contributed by atoms with Gasteiger partial charge in [-0.15, -0.1) is 0 Å². The number of hydrogen-bond donors (Lipinski definition) is 1. The summed E-state index contributed by atoms with van der Waals surface area (Å²) in [6, 6.07) is -0.286. The molecule has 0 spiro atoms. The van der Waals surface area contributed by atoms with Gasteiger partial charge < -0.3 is 10.2 Å². The SMILES string of the molecule is CCC1C(=O)NC(C)(C)C(=O)N1C1(CC)CCC1. The van der Waals surface area contributed by atoms with Crippen LogP contribution in [-0.2, 0) is 9.59 Å². The van der Waals surface area contributed by atoms with E-state index in [1.165, 1.54) is 0 Å². The molecule has 2 aliphatic rings. The molecule has 1 atom stereocenters. The van der Waals surface area contributed by atoms with Gasteiger partial charge in [0.15, 0.2) is 0 Å². The quantitative estimate of drug-likeness (QED) is 0.833. The van der Waals surface area contributed by atoms with Gasteiger partial charge in [0.2, 0.25) is 11.8 Å². The van der Waals surface area contributed by atoms with Gasteiger partial charge in [0.05, 0.1) is 0 Å². The fraction of sp³-hybridized carbons (Fsp3) is 0.857. The molecule has 1 aliphatic carbocycles. The van der Waals surface area contributed by atoms with Crippen LogP contribution in [0.4, 0.5) is 0 Å². The van der Waals surface area contributed by atoms with Crippen molar-refractivity contribution in [1.82, 2.24) is 10.2 Å². The van der Waals surface area contributed by atoms with E-state index in [9.17, 15) is 9.59 Å². The molecule has 1 saturated heterocycles. The standard InChI is InChI=1S/C14H24N2O2/c1-5-10-11(17)15-13(3,4)12(18)16(10)14(6-2)8-7-9-14/h10H,5-9H2,1-4H3,(H,15,17). The lowest BCUT2D eigenvalue weighted by atomic mass is 9.71. The van der Waals surface area contributed by atoms with Gasteiger partial charge in [-0.25, -0.2) is 0 Å². The number of carbonyl (C=O) groups excluding carboxylic acids is 2. The molecule has 1 unspecified atom stereocenters. The second-order valence-electron chi connectivity index (χ2n) is 6.14. The molecule has 18 heavy (non-hydrogen) atoms. The highest BCUT2D eigenvalue weighted by Gasteiger charge is 2.54. The average Bonchev–Trinajstić information content (AvgIpc) is 2.24. The molecule has 4 nitrogen and oxygen atoms in total. The molecule has 1 N–H and O–H groups in total. The van der Waals surface area contributed by atoms with Gasteiger partial charge in [-0.1, -0.05) is 13.8 Å². The maximum absolute atomic E-state index is 12.7. The first-order chi connectivity index (χ1) is 8.38. The third-order valence-electron chi connectivity index (χ3n) is 4.64. The maximum atomic E-state index is 12.7. The van der Waals surface area contributed by atoms with Crippen LogP contribution in [0.1, 0.15) is 59.8 Å². The number of carbonyl (C=O) groups is 2. The van der Waals surface area contributed by atoms with Crippen molar-refractivity contribution >= 4 is 11.8 Å². The Balaban J connectivity index is 2.38. The number of amides is 2. The van der Waals surface area contributed by atoms with E-state index in [0.717, 1.165) is 25.7 Å². The molecule has 2 fully saturated rings. The van der Waals surface area contributed by atoms with Crippen LogP contribution < -0.4 is 5.32 Å². The first-order valence-electron chi connectivity index (χ1n) is 7.04. The Morgan fingerprint density at radius 2 is 1.89 bits per heavy atom. The fourth-order valence-corrected chi connectivity index (χ4v) is 3.27. The van der Waals surface area contributed by atoms with Crippen molar-refractivity contribution in [2.24, 2.45) is 0 Å². The predicted molar refractivity (Wildman–Crippen MR) is 70.0 cm³/mol. The molecule has 2 rings (SSSR count). The van der Waals surface area contributed by atoms with Gasteiger partial charge in [0.25, 0.3) is 0 Å². The van der Waals surface area contributed by atoms with Crippen LogP contribution in [0, 0.1) is 0 Å². The molecular weight excluding hydrogens is 228 g/mol. The molecule has 0 aromatic rings. The summed E-state index contributed by atoms with van der Waals surface area (Å²) in [4.78, 5) is 26.8. The molecule has 1 saturated carbocycles. The number of piperazine rings is 1. The summed E-state index contributed by atoms with van der Waals surface area (Å²) in [6.45, 7) is 7.70. The number of nitrogens with one attached hydrogen (secondary N) is 1. The van der Waals surface area contributed by atoms with Gasteiger partial charge >= 0.3 is 0 Å². The third kappa shape index (κ3) is 1.73. The van der Waals surface area contributed by atoms with E-state index in [1.807, 2.05) is 11.8 Å². The topological polar surface area (TPSA) is 49.4 Å². The monoisotopic (exact) mass is 252 g/mol. The molecule has 0 bridgehead atoms. The van der Waals surface area contributed by atoms with Gasteiger partial charge in [-0.2, -0.15) is 0 Å². The van der Waals surface area contributed by atoms with Gasteiger partial charge in [0.1, 0.15) is 11.6 Å². The molecule has 1 aliphatic heterocycles. The zero-order valence-electron chi connectivity index (χ0n) is 11.9. The van der Waals surface area contributed by atoms with Crippen LogP contribution in [0.25, 0.3) is 0 Å². The lowest BCUT2D eigenvalue weighted by Gasteiger charge is -2.56. The lowest BCUT2D eigenvalue weighted by molar-refractivity contribution is -0.167. The second-order valence-corrected chi connectivity index (χ2v) is 6.14. The van der Waals surface area contributed by atoms with Crippen LogP contribution in [0.15, 0.2) is 0 Å². The van der Waals surface area contributed by atoms with Crippen LogP contribution in [0.3, 0.4) is 0 Å². The summed E-state index contributed by atoms with van der Waals surface area (Å²) in [5.74, 6) is 0.0809. The molecule has 2 amide bonds. The zero-order valence-corrected chi connectivity index (χ0v) is 11.9. The van der Waals surface area contributed by atoms with E-state index in [0.29, 0.717) is 6.42 Å². The van der Waals surface area contributed by atoms with Crippen LogP contribution in [0.2, 0.25) is 0 Å². The molecular formula is C14H24N2O2. The molecule has 0 aromatic heterocycles. The van der Waals surface area contributed by atoms with E-state index in [2.05, 4.69) is 12.2 Å². The van der Waals surface area contributed by atoms with Gasteiger partial charge in [0, 0.05) is 5.54 Å². The summed E-state index contributed by atoms with van der Waals surface area (Å²) in [5, 5.41) is 2.85. The smallest absolute Gasteiger partial charge is 0.248 e. The number of rotatable bonds is 3. The highest BCUT2D eigenvalue weighted by atomic mass is 16.2. The van der Waals surface area contributed by atoms with Crippen molar-refractivity contribution in [2.45, 2.75) is 76.9 Å². The van der Waals surface area contributed by atoms with E-state index >= 15 is 0 Å².